The summed E-state index contributed by atoms with van der Waals surface area (Å²) in [7, 11) is 0. The first-order valence-electron chi connectivity index (χ1n) is 8.64. The Morgan fingerprint density at radius 3 is 2.04 bits per heavy atom. The van der Waals surface area contributed by atoms with Gasteiger partial charge in [-0.15, -0.1) is 0 Å². The summed E-state index contributed by atoms with van der Waals surface area (Å²) in [5, 5.41) is 2.17. The summed E-state index contributed by atoms with van der Waals surface area (Å²) < 4.78 is 0. The predicted octanol–water partition coefficient (Wildman–Crippen LogP) is 4.07. The van der Waals surface area contributed by atoms with E-state index in [1.54, 1.807) is 46.2 Å². The summed E-state index contributed by atoms with van der Waals surface area (Å²) in [5.74, 6) is -0.111. The van der Waals surface area contributed by atoms with Crippen LogP contribution < -0.4 is 0 Å². The summed E-state index contributed by atoms with van der Waals surface area (Å²) in [5.41, 5.74) is 1.97. The lowest BCUT2D eigenvalue weighted by Crippen LogP contribution is -2.50. The molecule has 0 atom stereocenters. The average molecular weight is 402 g/mol. The van der Waals surface area contributed by atoms with Crippen LogP contribution in [0.4, 0.5) is 0 Å². The highest BCUT2D eigenvalue weighted by Gasteiger charge is 2.26. The number of carbonyl (C=O) groups is 2. The summed E-state index contributed by atoms with van der Waals surface area (Å²) in [4.78, 5) is 32.0. The van der Waals surface area contributed by atoms with E-state index >= 15 is 0 Å². The van der Waals surface area contributed by atoms with Crippen LogP contribution in [-0.2, 0) is 0 Å². The fraction of sp³-hybridized carbons (Fsp3) is 0.200. The Balaban J connectivity index is 1.42. The molecular formula is C20H17Cl2N3O2. The molecule has 0 aliphatic carbocycles. The zero-order valence-corrected chi connectivity index (χ0v) is 15.9. The number of hydrogen-bond donors (Lipinski definition) is 1. The lowest BCUT2D eigenvalue weighted by molar-refractivity contribution is 0.0533. The van der Waals surface area contributed by atoms with Crippen LogP contribution in [0.1, 0.15) is 20.8 Å². The summed E-state index contributed by atoms with van der Waals surface area (Å²) >= 11 is 11.9. The number of hydrogen-bond acceptors (Lipinski definition) is 2. The average Bonchev–Trinajstić information content (AvgIpc) is 3.11. The van der Waals surface area contributed by atoms with Crippen molar-refractivity contribution >= 4 is 45.9 Å². The second kappa shape index (κ2) is 7.25. The first-order valence-corrected chi connectivity index (χ1v) is 9.39. The Labute approximate surface area is 166 Å². The van der Waals surface area contributed by atoms with Crippen molar-refractivity contribution in [3.63, 3.8) is 0 Å². The van der Waals surface area contributed by atoms with E-state index in [1.165, 1.54) is 0 Å². The van der Waals surface area contributed by atoms with Gasteiger partial charge in [0.1, 0.15) is 5.69 Å². The number of aromatic amines is 1. The van der Waals surface area contributed by atoms with Crippen molar-refractivity contribution in [2.24, 2.45) is 0 Å². The fourth-order valence-corrected chi connectivity index (χ4v) is 3.57. The molecule has 0 saturated carbocycles. The molecule has 4 rings (SSSR count). The first kappa shape index (κ1) is 17.9. The number of piperazine rings is 1. The van der Waals surface area contributed by atoms with Crippen LogP contribution in [0.15, 0.2) is 48.5 Å². The van der Waals surface area contributed by atoms with Crippen molar-refractivity contribution in [3.05, 3.63) is 69.8 Å². The molecule has 2 amide bonds. The number of nitrogens with zero attached hydrogens (tertiary/aromatic N) is 2. The molecule has 1 aliphatic rings. The fourth-order valence-electron chi connectivity index (χ4n) is 3.27. The highest BCUT2D eigenvalue weighted by Crippen LogP contribution is 2.21. The monoisotopic (exact) mass is 401 g/mol. The molecule has 1 aliphatic heterocycles. The molecule has 1 N–H and O–H groups in total. The maximum Gasteiger partial charge on any atom is 0.270 e. The molecule has 7 heteroatoms. The van der Waals surface area contributed by atoms with Crippen LogP contribution in [-0.4, -0.2) is 52.8 Å². The van der Waals surface area contributed by atoms with Crippen LogP contribution in [0.3, 0.4) is 0 Å². The largest absolute Gasteiger partial charge is 0.350 e. The van der Waals surface area contributed by atoms with Gasteiger partial charge in [-0.25, -0.2) is 0 Å². The topological polar surface area (TPSA) is 56.4 Å². The minimum Gasteiger partial charge on any atom is -0.350 e. The smallest absolute Gasteiger partial charge is 0.270 e. The van der Waals surface area contributed by atoms with Crippen LogP contribution in [0, 0.1) is 0 Å². The summed E-state index contributed by atoms with van der Waals surface area (Å²) in [6.45, 7) is 1.99. The molecule has 1 aromatic heterocycles. The van der Waals surface area contributed by atoms with Gasteiger partial charge in [-0.2, -0.15) is 0 Å². The number of benzene rings is 2. The number of aromatic nitrogens is 1. The molecule has 1 saturated heterocycles. The number of fused-ring (bicyclic) bond motifs is 1. The highest BCUT2D eigenvalue weighted by atomic mass is 35.5. The lowest BCUT2D eigenvalue weighted by atomic mass is 10.2. The van der Waals surface area contributed by atoms with Crippen molar-refractivity contribution in [1.29, 1.82) is 0 Å². The molecule has 0 spiro atoms. The predicted molar refractivity (Wildman–Crippen MR) is 107 cm³/mol. The Morgan fingerprint density at radius 2 is 1.37 bits per heavy atom. The molecule has 138 valence electrons. The quantitative estimate of drug-likeness (QED) is 0.703. The van der Waals surface area contributed by atoms with E-state index in [2.05, 4.69) is 4.98 Å². The second-order valence-electron chi connectivity index (χ2n) is 6.51. The van der Waals surface area contributed by atoms with Gasteiger partial charge in [-0.3, -0.25) is 9.59 Å². The van der Waals surface area contributed by atoms with Gasteiger partial charge in [0.15, 0.2) is 0 Å². The third-order valence-electron chi connectivity index (χ3n) is 4.76. The molecule has 3 aromatic rings. The Bertz CT molecular complexity index is 1010. The molecule has 2 heterocycles. The van der Waals surface area contributed by atoms with E-state index in [0.29, 0.717) is 47.5 Å². The van der Waals surface area contributed by atoms with E-state index in [9.17, 15) is 9.59 Å². The summed E-state index contributed by atoms with van der Waals surface area (Å²) in [6.07, 6.45) is 0. The molecule has 27 heavy (non-hydrogen) atoms. The normalized spacial score (nSPS) is 14.6. The minimum absolute atomic E-state index is 0.0426. The van der Waals surface area contributed by atoms with Gasteiger partial charge < -0.3 is 14.8 Å². The second-order valence-corrected chi connectivity index (χ2v) is 7.38. The number of carbonyl (C=O) groups excluding carboxylic acids is 2. The molecular weight excluding hydrogens is 385 g/mol. The Kier molecular flexibility index (Phi) is 4.81. The van der Waals surface area contributed by atoms with Gasteiger partial charge >= 0.3 is 0 Å². The zero-order chi connectivity index (χ0) is 19.0. The molecule has 2 aromatic carbocycles. The van der Waals surface area contributed by atoms with E-state index < -0.39 is 0 Å². The SMILES string of the molecule is O=C(c1ccc(Cl)cc1)N1CCN(C(=O)c2cc3ccc(Cl)cc3[nH]2)CC1. The first-order chi connectivity index (χ1) is 13.0. The van der Waals surface area contributed by atoms with Gasteiger partial charge in [-0.1, -0.05) is 29.3 Å². The van der Waals surface area contributed by atoms with E-state index in [4.69, 9.17) is 23.2 Å². The van der Waals surface area contributed by atoms with Crippen LogP contribution in [0.2, 0.25) is 10.0 Å². The zero-order valence-electron chi connectivity index (χ0n) is 14.4. The van der Waals surface area contributed by atoms with Gasteiger partial charge in [0.05, 0.1) is 0 Å². The van der Waals surface area contributed by atoms with E-state index in [0.717, 1.165) is 10.9 Å². The third kappa shape index (κ3) is 3.66. The molecule has 0 bridgehead atoms. The Hall–Kier alpha value is -2.50. The molecule has 0 radical (unpaired) electrons. The Morgan fingerprint density at radius 1 is 0.778 bits per heavy atom. The lowest BCUT2D eigenvalue weighted by Gasteiger charge is -2.34. The van der Waals surface area contributed by atoms with Crippen molar-refractivity contribution < 1.29 is 9.59 Å². The van der Waals surface area contributed by atoms with Gasteiger partial charge in [0.25, 0.3) is 11.8 Å². The van der Waals surface area contributed by atoms with Crippen LogP contribution >= 0.6 is 23.2 Å². The maximum absolute atomic E-state index is 12.8. The van der Waals surface area contributed by atoms with Gasteiger partial charge in [-0.05, 0) is 42.5 Å². The van der Waals surface area contributed by atoms with Crippen molar-refractivity contribution in [2.75, 3.05) is 26.2 Å². The summed E-state index contributed by atoms with van der Waals surface area (Å²) in [6, 6.07) is 14.2. The molecule has 0 unspecified atom stereocenters. The number of nitrogens with one attached hydrogen (secondary N) is 1. The van der Waals surface area contributed by atoms with Gasteiger partial charge in [0, 0.05) is 52.7 Å². The van der Waals surface area contributed by atoms with Gasteiger partial charge in [0.2, 0.25) is 0 Å². The van der Waals surface area contributed by atoms with Crippen LogP contribution in [0.5, 0.6) is 0 Å². The van der Waals surface area contributed by atoms with E-state index in [1.807, 2.05) is 12.1 Å². The van der Waals surface area contributed by atoms with Crippen molar-refractivity contribution in [2.45, 2.75) is 0 Å². The number of rotatable bonds is 2. The van der Waals surface area contributed by atoms with Crippen molar-refractivity contribution in [1.82, 2.24) is 14.8 Å². The van der Waals surface area contributed by atoms with Crippen molar-refractivity contribution in [3.8, 4) is 0 Å². The molecule has 5 nitrogen and oxygen atoms in total. The standard InChI is InChI=1S/C20H17Cl2N3O2/c21-15-4-1-13(2-5-15)19(26)24-7-9-25(10-8-24)20(27)18-11-14-3-6-16(22)12-17(14)23-18/h1-6,11-12,23H,7-10H2. The minimum atomic E-state index is -0.0686. The number of amides is 2. The highest BCUT2D eigenvalue weighted by molar-refractivity contribution is 6.31. The number of H-pyrrole nitrogens is 1. The van der Waals surface area contributed by atoms with E-state index in [-0.39, 0.29) is 11.8 Å². The maximum atomic E-state index is 12.8. The molecule has 1 fully saturated rings. The van der Waals surface area contributed by atoms with Crippen LogP contribution in [0.25, 0.3) is 10.9 Å². The third-order valence-corrected chi connectivity index (χ3v) is 5.25. The number of halogens is 2.